The van der Waals surface area contributed by atoms with Gasteiger partial charge in [0.05, 0.1) is 11.0 Å². The number of hydrogen-bond acceptors (Lipinski definition) is 5. The zero-order valence-electron chi connectivity index (χ0n) is 10.8. The molecule has 106 valence electrons. The minimum atomic E-state index is -3.78. The summed E-state index contributed by atoms with van der Waals surface area (Å²) in [4.78, 5) is 2.10. The van der Waals surface area contributed by atoms with E-state index in [1.807, 2.05) is 4.90 Å². The van der Waals surface area contributed by atoms with Crippen LogP contribution in [0.2, 0.25) is 0 Å². The minimum Gasteiger partial charge on any atom is -0.399 e. The van der Waals surface area contributed by atoms with Crippen LogP contribution in [0.1, 0.15) is 18.4 Å². The largest absolute Gasteiger partial charge is 0.399 e. The molecule has 19 heavy (non-hydrogen) atoms. The highest BCUT2D eigenvalue weighted by Gasteiger charge is 2.22. The SMILES string of the molecule is Cc1c(N2CCC(O)CC2)cc(N)cc1S(N)(=O)=O. The number of nitrogen functional groups attached to an aromatic ring is 1. The van der Waals surface area contributed by atoms with Gasteiger partial charge in [-0.3, -0.25) is 0 Å². The van der Waals surface area contributed by atoms with Crippen LogP contribution >= 0.6 is 0 Å². The highest BCUT2D eigenvalue weighted by atomic mass is 32.2. The standard InChI is InChI=1S/C12H19N3O3S/c1-8-11(15-4-2-10(16)3-5-15)6-9(13)7-12(8)19(14,17)18/h6-7,10,16H,2-5,13H2,1H3,(H2,14,17,18). The third-order valence-corrected chi connectivity index (χ3v) is 4.50. The summed E-state index contributed by atoms with van der Waals surface area (Å²) in [5.74, 6) is 0. The van der Waals surface area contributed by atoms with E-state index in [1.54, 1.807) is 13.0 Å². The van der Waals surface area contributed by atoms with Gasteiger partial charge in [0.1, 0.15) is 0 Å². The zero-order valence-corrected chi connectivity index (χ0v) is 11.7. The van der Waals surface area contributed by atoms with Crippen molar-refractivity contribution in [2.75, 3.05) is 23.7 Å². The Bertz CT molecular complexity index is 578. The molecule has 1 heterocycles. The lowest BCUT2D eigenvalue weighted by Crippen LogP contribution is -2.36. The molecule has 1 aromatic carbocycles. The molecule has 2 rings (SSSR count). The summed E-state index contributed by atoms with van der Waals surface area (Å²) >= 11 is 0. The Hall–Kier alpha value is -1.31. The molecule has 1 aromatic rings. The number of piperidine rings is 1. The van der Waals surface area contributed by atoms with Crippen molar-refractivity contribution >= 4 is 21.4 Å². The Morgan fingerprint density at radius 2 is 1.89 bits per heavy atom. The Balaban J connectivity index is 2.44. The van der Waals surface area contributed by atoms with Crippen molar-refractivity contribution in [3.8, 4) is 0 Å². The molecule has 6 nitrogen and oxygen atoms in total. The lowest BCUT2D eigenvalue weighted by atomic mass is 10.1. The maximum Gasteiger partial charge on any atom is 0.238 e. The summed E-state index contributed by atoms with van der Waals surface area (Å²) in [5, 5.41) is 14.7. The summed E-state index contributed by atoms with van der Waals surface area (Å²) in [5.41, 5.74) is 7.51. The van der Waals surface area contributed by atoms with Crippen LogP contribution in [0.15, 0.2) is 17.0 Å². The highest BCUT2D eigenvalue weighted by Crippen LogP contribution is 2.30. The van der Waals surface area contributed by atoms with E-state index in [0.717, 1.165) is 5.69 Å². The Labute approximate surface area is 113 Å². The first kappa shape index (κ1) is 14.1. The van der Waals surface area contributed by atoms with E-state index in [2.05, 4.69) is 0 Å². The molecule has 0 aliphatic carbocycles. The van der Waals surface area contributed by atoms with Crippen LogP contribution in [-0.2, 0) is 10.0 Å². The summed E-state index contributed by atoms with van der Waals surface area (Å²) in [6.07, 6.45) is 1.05. The molecule has 0 saturated carbocycles. The molecule has 1 fully saturated rings. The van der Waals surface area contributed by atoms with Crippen molar-refractivity contribution in [2.45, 2.75) is 30.8 Å². The van der Waals surface area contributed by atoms with Crippen LogP contribution in [0.25, 0.3) is 0 Å². The topological polar surface area (TPSA) is 110 Å². The van der Waals surface area contributed by atoms with Gasteiger partial charge in [0.15, 0.2) is 0 Å². The van der Waals surface area contributed by atoms with Gasteiger partial charge in [-0.15, -0.1) is 0 Å². The lowest BCUT2D eigenvalue weighted by molar-refractivity contribution is 0.145. The first-order chi connectivity index (χ1) is 8.79. The van der Waals surface area contributed by atoms with E-state index < -0.39 is 10.0 Å². The number of benzene rings is 1. The smallest absolute Gasteiger partial charge is 0.238 e. The third-order valence-electron chi connectivity index (χ3n) is 3.47. The van der Waals surface area contributed by atoms with Gasteiger partial charge in [-0.2, -0.15) is 0 Å². The Morgan fingerprint density at radius 3 is 2.42 bits per heavy atom. The Kier molecular flexibility index (Phi) is 3.71. The second-order valence-electron chi connectivity index (χ2n) is 4.93. The lowest BCUT2D eigenvalue weighted by Gasteiger charge is -2.33. The quantitative estimate of drug-likeness (QED) is 0.672. The zero-order chi connectivity index (χ0) is 14.2. The van der Waals surface area contributed by atoms with E-state index >= 15 is 0 Å². The van der Waals surface area contributed by atoms with Crippen molar-refractivity contribution in [1.82, 2.24) is 0 Å². The maximum atomic E-state index is 11.6. The molecule has 0 spiro atoms. The number of nitrogens with two attached hydrogens (primary N) is 2. The third kappa shape index (κ3) is 2.99. The molecular formula is C12H19N3O3S. The molecule has 1 aliphatic heterocycles. The number of anilines is 2. The highest BCUT2D eigenvalue weighted by molar-refractivity contribution is 7.89. The summed E-state index contributed by atoms with van der Waals surface area (Å²) in [6.45, 7) is 3.07. The maximum absolute atomic E-state index is 11.6. The molecular weight excluding hydrogens is 266 g/mol. The number of aliphatic hydroxyl groups excluding tert-OH is 1. The van der Waals surface area contributed by atoms with Crippen LogP contribution in [0.3, 0.4) is 0 Å². The summed E-state index contributed by atoms with van der Waals surface area (Å²) < 4.78 is 23.1. The number of aliphatic hydroxyl groups is 1. The van der Waals surface area contributed by atoms with Gasteiger partial charge >= 0.3 is 0 Å². The molecule has 0 unspecified atom stereocenters. The number of nitrogens with zero attached hydrogens (tertiary/aromatic N) is 1. The van der Waals surface area contributed by atoms with Crippen molar-refractivity contribution in [3.63, 3.8) is 0 Å². The molecule has 0 atom stereocenters. The van der Waals surface area contributed by atoms with Gasteiger partial charge in [-0.05, 0) is 37.5 Å². The fraction of sp³-hybridized carbons (Fsp3) is 0.500. The fourth-order valence-corrected chi connectivity index (χ4v) is 3.26. The predicted octanol–water partition coefficient (Wildman–Crippen LogP) is 0.186. The van der Waals surface area contributed by atoms with Crippen molar-refractivity contribution < 1.29 is 13.5 Å². The van der Waals surface area contributed by atoms with E-state index in [0.29, 0.717) is 37.2 Å². The van der Waals surface area contributed by atoms with E-state index in [9.17, 15) is 13.5 Å². The first-order valence-electron chi connectivity index (χ1n) is 6.15. The number of primary sulfonamides is 1. The van der Waals surface area contributed by atoms with Gasteiger partial charge in [-0.1, -0.05) is 0 Å². The van der Waals surface area contributed by atoms with Crippen molar-refractivity contribution in [2.24, 2.45) is 5.14 Å². The predicted molar refractivity (Wildman–Crippen MR) is 74.4 cm³/mol. The van der Waals surface area contributed by atoms with Gasteiger partial charge in [0, 0.05) is 24.5 Å². The van der Waals surface area contributed by atoms with Crippen LogP contribution in [0.4, 0.5) is 11.4 Å². The molecule has 0 aromatic heterocycles. The van der Waals surface area contributed by atoms with Gasteiger partial charge in [0.25, 0.3) is 0 Å². The second kappa shape index (κ2) is 4.99. The average molecular weight is 285 g/mol. The van der Waals surface area contributed by atoms with Crippen LogP contribution in [-0.4, -0.2) is 32.7 Å². The molecule has 7 heteroatoms. The van der Waals surface area contributed by atoms with Gasteiger partial charge in [0.2, 0.25) is 10.0 Å². The van der Waals surface area contributed by atoms with Crippen molar-refractivity contribution in [1.29, 1.82) is 0 Å². The molecule has 1 saturated heterocycles. The van der Waals surface area contributed by atoms with Gasteiger partial charge in [-0.25, -0.2) is 13.6 Å². The molecule has 0 radical (unpaired) electrons. The number of sulfonamides is 1. The number of rotatable bonds is 2. The van der Waals surface area contributed by atoms with E-state index in [4.69, 9.17) is 10.9 Å². The van der Waals surface area contributed by atoms with Crippen LogP contribution in [0, 0.1) is 6.92 Å². The average Bonchev–Trinajstić information content (AvgIpc) is 2.31. The first-order valence-corrected chi connectivity index (χ1v) is 7.69. The van der Waals surface area contributed by atoms with E-state index in [-0.39, 0.29) is 11.0 Å². The van der Waals surface area contributed by atoms with Crippen LogP contribution in [0.5, 0.6) is 0 Å². The Morgan fingerprint density at radius 1 is 1.32 bits per heavy atom. The second-order valence-corrected chi connectivity index (χ2v) is 6.46. The van der Waals surface area contributed by atoms with Gasteiger partial charge < -0.3 is 15.7 Å². The minimum absolute atomic E-state index is 0.0635. The van der Waals surface area contributed by atoms with E-state index in [1.165, 1.54) is 6.07 Å². The molecule has 0 bridgehead atoms. The summed E-state index contributed by atoms with van der Waals surface area (Å²) in [7, 11) is -3.78. The normalized spacial score (nSPS) is 17.7. The monoisotopic (exact) mass is 285 g/mol. The fourth-order valence-electron chi connectivity index (χ4n) is 2.42. The van der Waals surface area contributed by atoms with Crippen molar-refractivity contribution in [3.05, 3.63) is 17.7 Å². The summed E-state index contributed by atoms with van der Waals surface area (Å²) in [6, 6.07) is 3.13. The molecule has 1 aliphatic rings. The van der Waals surface area contributed by atoms with Crippen LogP contribution < -0.4 is 15.8 Å². The number of hydrogen-bond donors (Lipinski definition) is 3. The molecule has 5 N–H and O–H groups in total. The molecule has 0 amide bonds.